The number of benzene rings is 1. The van der Waals surface area contributed by atoms with Gasteiger partial charge in [0.25, 0.3) is 0 Å². The summed E-state index contributed by atoms with van der Waals surface area (Å²) in [5.41, 5.74) is 2.75. The van der Waals surface area contributed by atoms with Crippen molar-refractivity contribution in [2.45, 2.75) is 6.92 Å². The van der Waals surface area contributed by atoms with Crippen LogP contribution in [0.1, 0.15) is 6.92 Å². The first-order valence-electron chi connectivity index (χ1n) is 8.63. The summed E-state index contributed by atoms with van der Waals surface area (Å²) in [5, 5.41) is 11.5. The molecule has 1 aliphatic rings. The molecule has 3 aromatic rings. The van der Waals surface area contributed by atoms with Crippen LogP contribution < -0.4 is 20.3 Å². The third-order valence-corrected chi connectivity index (χ3v) is 4.23. The number of fused-ring (bicyclic) bond motifs is 1. The van der Waals surface area contributed by atoms with Crippen molar-refractivity contribution in [3.05, 3.63) is 42.7 Å². The second-order valence-corrected chi connectivity index (χ2v) is 5.93. The molecule has 0 amide bonds. The van der Waals surface area contributed by atoms with Crippen molar-refractivity contribution in [1.82, 2.24) is 19.9 Å². The van der Waals surface area contributed by atoms with Crippen molar-refractivity contribution in [2.75, 3.05) is 43.0 Å². The van der Waals surface area contributed by atoms with E-state index in [0.717, 1.165) is 54.8 Å². The average molecular weight is 338 g/mol. The van der Waals surface area contributed by atoms with Crippen molar-refractivity contribution in [3.63, 3.8) is 0 Å². The number of anilines is 3. The van der Waals surface area contributed by atoms with E-state index in [2.05, 4.69) is 26.6 Å². The Kier molecular flexibility index (Phi) is 4.39. The fourth-order valence-electron chi connectivity index (χ4n) is 3.00. The first-order chi connectivity index (χ1) is 12.3. The molecule has 0 bridgehead atoms. The SMILES string of the molecule is CCOc1ccc(Nc2cc(N3CCNCC3)nn3ccnc23)cc1. The molecule has 0 unspecified atom stereocenters. The molecule has 2 N–H and O–H groups in total. The lowest BCUT2D eigenvalue weighted by molar-refractivity contribution is 0.340. The number of imidazole rings is 1. The molecule has 3 heterocycles. The lowest BCUT2D eigenvalue weighted by Crippen LogP contribution is -2.44. The molecule has 7 heteroatoms. The van der Waals surface area contributed by atoms with Gasteiger partial charge in [-0.1, -0.05) is 0 Å². The van der Waals surface area contributed by atoms with Gasteiger partial charge in [-0.25, -0.2) is 9.50 Å². The Morgan fingerprint density at radius 2 is 2.00 bits per heavy atom. The van der Waals surface area contributed by atoms with Crippen molar-refractivity contribution in [1.29, 1.82) is 0 Å². The molecule has 1 aliphatic heterocycles. The number of aromatic nitrogens is 3. The van der Waals surface area contributed by atoms with Crippen LogP contribution in [0.3, 0.4) is 0 Å². The number of hydrogen-bond acceptors (Lipinski definition) is 6. The minimum absolute atomic E-state index is 0.667. The van der Waals surface area contributed by atoms with Gasteiger partial charge in [0, 0.05) is 50.3 Å². The van der Waals surface area contributed by atoms with E-state index in [-0.39, 0.29) is 0 Å². The Labute approximate surface area is 146 Å². The molecular weight excluding hydrogens is 316 g/mol. The summed E-state index contributed by atoms with van der Waals surface area (Å²) in [6, 6.07) is 10.0. The summed E-state index contributed by atoms with van der Waals surface area (Å²) < 4.78 is 7.33. The van der Waals surface area contributed by atoms with Crippen LogP contribution in [-0.2, 0) is 0 Å². The first-order valence-corrected chi connectivity index (χ1v) is 8.63. The summed E-state index contributed by atoms with van der Waals surface area (Å²) >= 11 is 0. The third-order valence-electron chi connectivity index (χ3n) is 4.23. The van der Waals surface area contributed by atoms with Gasteiger partial charge in [-0.05, 0) is 31.2 Å². The Morgan fingerprint density at radius 3 is 2.76 bits per heavy atom. The predicted octanol–water partition coefficient (Wildman–Crippen LogP) is 2.28. The highest BCUT2D eigenvalue weighted by Gasteiger charge is 2.15. The van der Waals surface area contributed by atoms with Crippen LogP contribution >= 0.6 is 0 Å². The molecule has 130 valence electrons. The van der Waals surface area contributed by atoms with Gasteiger partial charge in [-0.2, -0.15) is 0 Å². The normalized spacial score (nSPS) is 14.7. The lowest BCUT2D eigenvalue weighted by atomic mass is 10.2. The smallest absolute Gasteiger partial charge is 0.177 e. The molecule has 25 heavy (non-hydrogen) atoms. The Bertz CT molecular complexity index is 838. The molecule has 0 spiro atoms. The highest BCUT2D eigenvalue weighted by molar-refractivity contribution is 5.76. The van der Waals surface area contributed by atoms with E-state index in [0.29, 0.717) is 6.61 Å². The Hall–Kier alpha value is -2.80. The summed E-state index contributed by atoms with van der Waals surface area (Å²) in [6.07, 6.45) is 3.65. The minimum Gasteiger partial charge on any atom is -0.494 e. The zero-order chi connectivity index (χ0) is 17.1. The zero-order valence-electron chi connectivity index (χ0n) is 14.3. The van der Waals surface area contributed by atoms with Crippen LogP contribution in [0, 0.1) is 0 Å². The second-order valence-electron chi connectivity index (χ2n) is 5.93. The van der Waals surface area contributed by atoms with Crippen molar-refractivity contribution in [2.24, 2.45) is 0 Å². The van der Waals surface area contributed by atoms with Gasteiger partial charge in [0.05, 0.1) is 12.3 Å². The monoisotopic (exact) mass is 338 g/mol. The standard InChI is InChI=1S/C18H22N6O/c1-2-25-15-5-3-14(4-6-15)21-16-13-17(23-10-7-19-8-11-23)22-24-12-9-20-18(16)24/h3-6,9,12-13,19,21H,2,7-8,10-11H2,1H3. The van der Waals surface area contributed by atoms with E-state index in [4.69, 9.17) is 9.84 Å². The molecule has 0 saturated carbocycles. The van der Waals surface area contributed by atoms with Gasteiger partial charge in [0.2, 0.25) is 0 Å². The van der Waals surface area contributed by atoms with Gasteiger partial charge in [-0.15, -0.1) is 5.10 Å². The molecule has 2 aromatic heterocycles. The average Bonchev–Trinajstić information content (AvgIpc) is 3.13. The van der Waals surface area contributed by atoms with Crippen LogP contribution in [-0.4, -0.2) is 47.4 Å². The van der Waals surface area contributed by atoms with E-state index in [1.165, 1.54) is 0 Å². The zero-order valence-corrected chi connectivity index (χ0v) is 14.3. The molecule has 4 rings (SSSR count). The van der Waals surface area contributed by atoms with Crippen LogP contribution in [0.4, 0.5) is 17.2 Å². The fraction of sp³-hybridized carbons (Fsp3) is 0.333. The summed E-state index contributed by atoms with van der Waals surface area (Å²) in [5.74, 6) is 1.83. The van der Waals surface area contributed by atoms with Crippen LogP contribution in [0.5, 0.6) is 5.75 Å². The van der Waals surface area contributed by atoms with Gasteiger partial charge in [0.15, 0.2) is 11.5 Å². The second kappa shape index (κ2) is 6.98. The molecule has 1 aromatic carbocycles. The number of nitrogens with one attached hydrogen (secondary N) is 2. The van der Waals surface area contributed by atoms with Crippen molar-refractivity contribution >= 4 is 22.8 Å². The maximum absolute atomic E-state index is 5.50. The summed E-state index contributed by atoms with van der Waals surface area (Å²) in [4.78, 5) is 6.72. The van der Waals surface area contributed by atoms with E-state index in [1.807, 2.05) is 41.9 Å². The minimum atomic E-state index is 0.667. The maximum Gasteiger partial charge on any atom is 0.177 e. The van der Waals surface area contributed by atoms with Crippen LogP contribution in [0.15, 0.2) is 42.7 Å². The highest BCUT2D eigenvalue weighted by atomic mass is 16.5. The number of nitrogens with zero attached hydrogens (tertiary/aromatic N) is 4. The molecule has 7 nitrogen and oxygen atoms in total. The largest absolute Gasteiger partial charge is 0.494 e. The fourth-order valence-corrected chi connectivity index (χ4v) is 3.00. The van der Waals surface area contributed by atoms with Gasteiger partial charge in [0.1, 0.15) is 5.75 Å². The third kappa shape index (κ3) is 3.36. The number of ether oxygens (including phenoxy) is 1. The molecular formula is C18H22N6O. The van der Waals surface area contributed by atoms with Gasteiger partial charge >= 0.3 is 0 Å². The summed E-state index contributed by atoms with van der Waals surface area (Å²) in [7, 11) is 0. The predicted molar refractivity (Wildman–Crippen MR) is 99.0 cm³/mol. The topological polar surface area (TPSA) is 66.7 Å². The molecule has 0 atom stereocenters. The quantitative estimate of drug-likeness (QED) is 0.744. The molecule has 0 aliphatic carbocycles. The number of rotatable bonds is 5. The van der Waals surface area contributed by atoms with Crippen LogP contribution in [0.25, 0.3) is 5.65 Å². The number of piperazine rings is 1. The van der Waals surface area contributed by atoms with E-state index < -0.39 is 0 Å². The lowest BCUT2D eigenvalue weighted by Gasteiger charge is -2.28. The molecule has 1 saturated heterocycles. The molecule has 0 radical (unpaired) electrons. The van der Waals surface area contributed by atoms with Gasteiger partial charge < -0.3 is 20.3 Å². The maximum atomic E-state index is 5.50. The molecule has 1 fully saturated rings. The first kappa shape index (κ1) is 15.7. The van der Waals surface area contributed by atoms with Gasteiger partial charge in [-0.3, -0.25) is 0 Å². The van der Waals surface area contributed by atoms with Crippen molar-refractivity contribution in [3.8, 4) is 5.75 Å². The Morgan fingerprint density at radius 1 is 1.20 bits per heavy atom. The Balaban J connectivity index is 1.64. The summed E-state index contributed by atoms with van der Waals surface area (Å²) in [6.45, 7) is 6.51. The van der Waals surface area contributed by atoms with E-state index in [9.17, 15) is 0 Å². The highest BCUT2D eigenvalue weighted by Crippen LogP contribution is 2.26. The van der Waals surface area contributed by atoms with Crippen molar-refractivity contribution < 1.29 is 4.74 Å². The van der Waals surface area contributed by atoms with Crippen LogP contribution in [0.2, 0.25) is 0 Å². The number of hydrogen-bond donors (Lipinski definition) is 2. The van der Waals surface area contributed by atoms with E-state index in [1.54, 1.807) is 6.20 Å². The van der Waals surface area contributed by atoms with E-state index >= 15 is 0 Å².